The number of hydrogen-bond acceptors (Lipinski definition) is 17. The van der Waals surface area contributed by atoms with E-state index in [0.717, 1.165) is 56.8 Å². The van der Waals surface area contributed by atoms with Crippen LogP contribution in [-0.4, -0.2) is 186 Å². The molecule has 1 fully saturated rings. The van der Waals surface area contributed by atoms with Crippen LogP contribution < -0.4 is 67.5 Å². The van der Waals surface area contributed by atoms with Crippen LogP contribution >= 0.6 is 45.8 Å². The van der Waals surface area contributed by atoms with Gasteiger partial charge in [-0.1, -0.05) is 136 Å². The molecular formula is C73H91Cl2IKN11O13. The van der Waals surface area contributed by atoms with Crippen molar-refractivity contribution in [2.24, 2.45) is 19.8 Å². The van der Waals surface area contributed by atoms with Crippen LogP contribution in [0, 0.1) is 0 Å². The number of carbonyl (C=O) groups excluding carboxylic acids is 7. The van der Waals surface area contributed by atoms with E-state index >= 15 is 0 Å². The van der Waals surface area contributed by atoms with E-state index in [1.807, 2.05) is 151 Å². The van der Waals surface area contributed by atoms with E-state index in [1.54, 1.807) is 66.7 Å². The van der Waals surface area contributed by atoms with Crippen LogP contribution in [0.1, 0.15) is 86.1 Å². The van der Waals surface area contributed by atoms with E-state index in [0.29, 0.717) is 68.7 Å². The summed E-state index contributed by atoms with van der Waals surface area (Å²) in [5.74, 6) is -4.34. The van der Waals surface area contributed by atoms with Crippen molar-refractivity contribution in [1.29, 1.82) is 0 Å². The number of nitrogens with one attached hydrogen (secondary N) is 2. The number of amides is 3. The quantitative estimate of drug-likeness (QED) is 0.0129. The van der Waals surface area contributed by atoms with Crippen LogP contribution in [0.15, 0.2) is 128 Å². The van der Waals surface area contributed by atoms with E-state index < -0.39 is 59.0 Å². The van der Waals surface area contributed by atoms with Crippen LogP contribution in [-0.2, 0) is 71.8 Å². The number of aromatic nitrogens is 7. The van der Waals surface area contributed by atoms with Crippen molar-refractivity contribution in [3.63, 3.8) is 0 Å². The number of aromatic amines is 1. The number of hydrogen-bond donors (Lipinski definition) is 5. The molecule has 538 valence electrons. The van der Waals surface area contributed by atoms with Crippen molar-refractivity contribution in [2.75, 3.05) is 73.6 Å². The van der Waals surface area contributed by atoms with E-state index in [1.165, 1.54) is 33.3 Å². The fourth-order valence-electron chi connectivity index (χ4n) is 10.7. The van der Waals surface area contributed by atoms with Gasteiger partial charge in [-0.15, -0.1) is 5.60 Å². The molecule has 2 aliphatic rings. The molecule has 1 saturated heterocycles. The fraction of sp³-hybridized carbons (Fsp3) is 0.356. The van der Waals surface area contributed by atoms with Gasteiger partial charge in [-0.25, -0.2) is 9.59 Å². The number of halogens is 3. The number of rotatable bonds is 16. The Kier molecular flexibility index (Phi) is 36.1. The van der Waals surface area contributed by atoms with Crippen molar-refractivity contribution >= 4 is 153 Å². The number of fused-ring (bicyclic) bond motifs is 5. The molecule has 101 heavy (non-hydrogen) atoms. The number of nitrogens with two attached hydrogens (primary N) is 1. The summed E-state index contributed by atoms with van der Waals surface area (Å²) < 4.78 is 20.8. The maximum atomic E-state index is 13.1. The Balaban J connectivity index is 0.000000343. The van der Waals surface area contributed by atoms with Gasteiger partial charge in [0.05, 0.1) is 84.9 Å². The number of H-pyrrole nitrogens is 1. The predicted molar refractivity (Wildman–Crippen MR) is 402 cm³/mol. The van der Waals surface area contributed by atoms with Crippen LogP contribution in [0.4, 0.5) is 0 Å². The minimum absolute atomic E-state index is 0. The second-order valence-corrected chi connectivity index (χ2v) is 25.0. The Hall–Kier alpha value is -7.00. The molecule has 5 aromatic heterocycles. The number of carbonyl (C=O) groups is 7. The zero-order valence-corrected chi connectivity index (χ0v) is 64.6. The minimum atomic E-state index is -0.847. The van der Waals surface area contributed by atoms with Gasteiger partial charge in [-0.05, 0) is 101 Å². The average molecular weight is 1570 g/mol. The van der Waals surface area contributed by atoms with E-state index in [2.05, 4.69) is 47.5 Å². The molecule has 10 aromatic rings. The molecule has 24 nitrogen and oxygen atoms in total. The number of likely N-dealkylation sites (N-methyl/N-ethyl adjacent to an activating group) is 2. The molecule has 7 heterocycles. The molecule has 2 aliphatic heterocycles. The third kappa shape index (κ3) is 24.3. The third-order valence-corrected chi connectivity index (χ3v) is 15.1. The summed E-state index contributed by atoms with van der Waals surface area (Å²) in [5, 5.41) is 47.1. The number of methoxy groups -OCH3 is 2. The molecule has 6 N–H and O–H groups in total. The number of alkyl halides is 1. The monoisotopic (exact) mass is 1570 g/mol. The van der Waals surface area contributed by atoms with Gasteiger partial charge in [0, 0.05) is 118 Å². The largest absolute Gasteiger partial charge is 1.00 e. The van der Waals surface area contributed by atoms with Crippen molar-refractivity contribution < 1.29 is 114 Å². The zero-order valence-electron chi connectivity index (χ0n) is 57.8. The second-order valence-electron chi connectivity index (χ2n) is 24.2. The topological polar surface area (TPSA) is 317 Å². The zero-order chi connectivity index (χ0) is 72.3. The van der Waals surface area contributed by atoms with Gasteiger partial charge < -0.3 is 59.2 Å². The van der Waals surface area contributed by atoms with E-state index in [4.69, 9.17) is 38.8 Å². The van der Waals surface area contributed by atoms with Gasteiger partial charge in [-0.3, -0.25) is 38.7 Å². The number of esters is 2. The fourth-order valence-corrected chi connectivity index (χ4v) is 11.0. The molecule has 2 unspecified atom stereocenters. The van der Waals surface area contributed by atoms with Crippen LogP contribution in [0.3, 0.4) is 0 Å². The number of aliphatic hydroxyl groups excluding tert-OH is 2. The number of aliphatic hydroxyl groups is 2. The van der Waals surface area contributed by atoms with E-state index in [9.17, 15) is 48.9 Å². The number of aryl methyl sites for hydroxylation is 2. The molecule has 0 spiro atoms. The second kappa shape index (κ2) is 41.3. The summed E-state index contributed by atoms with van der Waals surface area (Å²) >= 11 is 14.5. The first-order valence-electron chi connectivity index (χ1n) is 30.9. The molecule has 0 aliphatic carbocycles. The summed E-state index contributed by atoms with van der Waals surface area (Å²) in [6, 6.07) is 33.0. The number of primary amides is 1. The molecule has 0 bridgehead atoms. The number of ether oxygens (including phenoxy) is 3. The summed E-state index contributed by atoms with van der Waals surface area (Å²) in [6.07, 6.45) is 6.39. The van der Waals surface area contributed by atoms with Crippen molar-refractivity contribution in [2.45, 2.75) is 85.8 Å². The van der Waals surface area contributed by atoms with Crippen LogP contribution in [0.5, 0.6) is 0 Å². The Bertz CT molecular complexity index is 4490. The molecule has 28 heteroatoms. The van der Waals surface area contributed by atoms with Crippen LogP contribution in [0.2, 0.25) is 10.0 Å². The normalized spacial score (nSPS) is 12.8. The molecule has 3 amide bonds. The number of para-hydroxylation sites is 3. The number of Topliss-reactive ketones (excluding diaryl/α,β-unsaturated/α-hetero) is 2. The van der Waals surface area contributed by atoms with Crippen LogP contribution in [0.25, 0.3) is 65.7 Å². The van der Waals surface area contributed by atoms with E-state index in [-0.39, 0.29) is 90.3 Å². The summed E-state index contributed by atoms with van der Waals surface area (Å²) in [5.41, 5.74) is 11.5. The third-order valence-electron chi connectivity index (χ3n) is 14.6. The van der Waals surface area contributed by atoms with Gasteiger partial charge in [0.2, 0.25) is 5.91 Å². The van der Waals surface area contributed by atoms with Crippen molar-refractivity contribution in [3.8, 4) is 0 Å². The predicted octanol–water partition coefficient (Wildman–Crippen LogP) is 6.64. The van der Waals surface area contributed by atoms with Gasteiger partial charge in [0.25, 0.3) is 23.4 Å². The maximum absolute atomic E-state index is 13.1. The van der Waals surface area contributed by atoms with Gasteiger partial charge in [0.15, 0.2) is 0 Å². The maximum Gasteiger partial charge on any atom is 1.00 e. The first kappa shape index (κ1) is 88.2. The SMILES string of the molecule is C.C.C1CCOC1.CC(C)(C)[O-].CI.CN(C)CC(O)Cn1nc(C2=C(c3cn(C)c4ccccc34)C(=O)NC2=O)c2cc(Cl)ccc21.CN(C)CC(O)Cn1nc(CC(N)=O)c2cc(Cl)ccc21.COC(=O)C(=O)c1c[nH]c2ccccc12.COC(=O)C(=O)c1cn(C)c2ccccc12.[K+]. The molecule has 0 radical (unpaired) electrons. The summed E-state index contributed by atoms with van der Waals surface area (Å²) in [6.45, 7) is 8.44. The van der Waals surface area contributed by atoms with Gasteiger partial charge >= 0.3 is 63.3 Å². The number of nitrogens with zero attached hydrogens (tertiary/aromatic N) is 8. The minimum Gasteiger partial charge on any atom is -0.850 e. The van der Waals surface area contributed by atoms with Gasteiger partial charge in [-0.2, -0.15) is 10.2 Å². The first-order chi connectivity index (χ1) is 46.5. The molecule has 5 aromatic carbocycles. The molecular weight excluding hydrogens is 1480 g/mol. The Morgan fingerprint density at radius 3 is 1.60 bits per heavy atom. The summed E-state index contributed by atoms with van der Waals surface area (Å²) in [4.78, 5) is 91.5. The average Bonchev–Trinajstić information content (AvgIpc) is 1.59. The number of ketones is 2. The Labute approximate surface area is 655 Å². The Morgan fingerprint density at radius 1 is 0.653 bits per heavy atom. The van der Waals surface area contributed by atoms with Crippen molar-refractivity contribution in [3.05, 3.63) is 166 Å². The first-order valence-corrected chi connectivity index (χ1v) is 33.8. The summed E-state index contributed by atoms with van der Waals surface area (Å²) in [7, 11) is 13.7. The molecule has 0 saturated carbocycles. The molecule has 12 rings (SSSR count). The standard InChI is InChI=1S/C25H24ClN5O3.C14H19ClN4O2.C12H11NO3.C11H9NO3.C4H8O.C4H9O.CH3I.2CH4.K/c1-29(2)11-15(32)12-31-20-9-8-14(26)10-17(20)23(28-31)22-21(24(33)27-25(22)34)18-13-30(3)19-7-5-4-6-16(18)19;1-18(2)7-10(20)8-19-13-4-3-9(15)5-11(13)12(17-19)6-14(16)21;1-13-7-9(11(14)12(15)16-2)8-5-3-4-6-10(8)13;1-15-11(14)10(13)8-6-12-9-5-3-2-4-7(8)9;1-2-4-5-3-1;1-4(2,3)5;1-2;;;/h4-10,13,15,32H,11-12H2,1-3H3,(H,27,33,34);3-5,10,20H,6-8H2,1-2H3,(H2,16,21);3-7H,1-2H3;2-6,12H,1H3;1-4H2;1-3H3;1H3;2*1H4;/q;;;;;-1;;;;+1. The van der Waals surface area contributed by atoms with Gasteiger partial charge in [0.1, 0.15) is 5.69 Å². The molecule has 2 atom stereocenters. The van der Waals surface area contributed by atoms with Crippen molar-refractivity contribution in [1.82, 2.24) is 48.8 Å². The Morgan fingerprint density at radius 2 is 1.10 bits per heavy atom. The number of imide groups is 1. The smallest absolute Gasteiger partial charge is 0.850 e. The number of benzene rings is 5.